The first kappa shape index (κ1) is 51.7. The lowest BCUT2D eigenvalue weighted by Gasteiger charge is -2.28. The van der Waals surface area contributed by atoms with Gasteiger partial charge in [-0.05, 0) is 51.4 Å². The molecule has 0 N–H and O–H groups in total. The molecule has 0 fully saturated rings. The number of hydrogen-bond acceptors (Lipinski definition) is 7. The molecule has 53 heavy (non-hydrogen) atoms. The first-order valence-electron chi connectivity index (χ1n) is 21.7. The van der Waals surface area contributed by atoms with Crippen LogP contribution in [0.2, 0.25) is 0 Å². The standard InChI is InChI=1S/C44H84NO7P/c1-6-8-10-12-14-15-16-17-18-19-20-21-22-23-24-25-26-27-28-29-30-32-34-36-39-49-41-43(42-51-53(47,48)50-40-38-45(3,4)5)52-44(46)37-35-33-31-13-11-9-7-2/h16-17,19-20,22-23,43H,6-15,18,21,24-42H2,1-5H3/b17-16-,20-19-,23-22-. The molecule has 0 aliphatic rings. The van der Waals surface area contributed by atoms with E-state index in [-0.39, 0.29) is 25.8 Å². The molecule has 0 radical (unpaired) electrons. The predicted octanol–water partition coefficient (Wildman–Crippen LogP) is 12.0. The third kappa shape index (κ3) is 41.7. The van der Waals surface area contributed by atoms with Crippen LogP contribution in [0, 0.1) is 0 Å². The summed E-state index contributed by atoms with van der Waals surface area (Å²) in [6.07, 6.45) is 43.2. The van der Waals surface area contributed by atoms with Crippen molar-refractivity contribution < 1.29 is 37.3 Å². The van der Waals surface area contributed by atoms with Gasteiger partial charge in [0.05, 0.1) is 34.4 Å². The average Bonchev–Trinajstić information content (AvgIpc) is 3.11. The summed E-state index contributed by atoms with van der Waals surface area (Å²) >= 11 is 0. The smallest absolute Gasteiger partial charge is 0.306 e. The van der Waals surface area contributed by atoms with E-state index in [1.165, 1.54) is 116 Å². The minimum Gasteiger partial charge on any atom is -0.756 e. The van der Waals surface area contributed by atoms with E-state index in [1.807, 2.05) is 21.1 Å². The Morgan fingerprint density at radius 2 is 1.04 bits per heavy atom. The van der Waals surface area contributed by atoms with Crippen molar-refractivity contribution >= 4 is 13.8 Å². The van der Waals surface area contributed by atoms with E-state index >= 15 is 0 Å². The van der Waals surface area contributed by atoms with Crippen molar-refractivity contribution in [2.45, 2.75) is 187 Å². The van der Waals surface area contributed by atoms with Crippen LogP contribution in [0.25, 0.3) is 0 Å². The van der Waals surface area contributed by atoms with E-state index < -0.39 is 13.9 Å². The second kappa shape index (κ2) is 37.6. The zero-order valence-electron chi connectivity index (χ0n) is 35.2. The van der Waals surface area contributed by atoms with Crippen LogP contribution in [-0.4, -0.2) is 70.7 Å². The summed E-state index contributed by atoms with van der Waals surface area (Å²) < 4.78 is 34.4. The second-order valence-corrected chi connectivity index (χ2v) is 17.1. The van der Waals surface area contributed by atoms with E-state index in [1.54, 1.807) is 0 Å². The van der Waals surface area contributed by atoms with Gasteiger partial charge in [0.1, 0.15) is 19.3 Å². The number of quaternary nitrogens is 1. The minimum atomic E-state index is -4.51. The lowest BCUT2D eigenvalue weighted by atomic mass is 10.1. The number of rotatable bonds is 40. The van der Waals surface area contributed by atoms with E-state index in [9.17, 15) is 14.3 Å². The Bertz CT molecular complexity index is 947. The van der Waals surface area contributed by atoms with E-state index in [2.05, 4.69) is 50.3 Å². The van der Waals surface area contributed by atoms with Crippen LogP contribution >= 0.6 is 7.82 Å². The molecule has 0 aliphatic carbocycles. The van der Waals surface area contributed by atoms with Crippen LogP contribution in [0.5, 0.6) is 0 Å². The number of unbranched alkanes of at least 4 members (excludes halogenated alkanes) is 20. The van der Waals surface area contributed by atoms with Crippen LogP contribution in [0.4, 0.5) is 0 Å². The van der Waals surface area contributed by atoms with Gasteiger partial charge >= 0.3 is 5.97 Å². The Labute approximate surface area is 327 Å². The van der Waals surface area contributed by atoms with Crippen molar-refractivity contribution in [3.05, 3.63) is 36.5 Å². The largest absolute Gasteiger partial charge is 0.756 e. The summed E-state index contributed by atoms with van der Waals surface area (Å²) in [6.45, 7) is 5.34. The van der Waals surface area contributed by atoms with E-state index in [4.69, 9.17) is 18.5 Å². The molecule has 0 bridgehead atoms. The molecule has 2 atom stereocenters. The quantitative estimate of drug-likeness (QED) is 0.0201. The third-order valence-corrected chi connectivity index (χ3v) is 10.2. The highest BCUT2D eigenvalue weighted by molar-refractivity contribution is 7.45. The Hall–Kier alpha value is -1.28. The number of allylic oxidation sites excluding steroid dienone is 6. The van der Waals surface area contributed by atoms with Gasteiger partial charge in [-0.15, -0.1) is 0 Å². The molecule has 0 saturated carbocycles. The molecule has 8 nitrogen and oxygen atoms in total. The molecule has 0 aromatic heterocycles. The van der Waals surface area contributed by atoms with Gasteiger partial charge in [-0.25, -0.2) is 0 Å². The fourth-order valence-corrected chi connectivity index (χ4v) is 6.52. The molecule has 0 amide bonds. The second-order valence-electron chi connectivity index (χ2n) is 15.7. The number of esters is 1. The summed E-state index contributed by atoms with van der Waals surface area (Å²) in [4.78, 5) is 24.8. The van der Waals surface area contributed by atoms with Crippen LogP contribution in [0.3, 0.4) is 0 Å². The van der Waals surface area contributed by atoms with Gasteiger partial charge < -0.3 is 27.9 Å². The molecule has 9 heteroatoms. The Morgan fingerprint density at radius 1 is 0.585 bits per heavy atom. The number of ether oxygens (including phenoxy) is 2. The summed E-state index contributed by atoms with van der Waals surface area (Å²) in [5, 5.41) is 0. The lowest BCUT2D eigenvalue weighted by Crippen LogP contribution is -2.37. The van der Waals surface area contributed by atoms with Gasteiger partial charge in [0, 0.05) is 13.0 Å². The van der Waals surface area contributed by atoms with Gasteiger partial charge in [-0.2, -0.15) is 0 Å². The van der Waals surface area contributed by atoms with E-state index in [0.29, 0.717) is 24.1 Å². The van der Waals surface area contributed by atoms with Crippen molar-refractivity contribution in [1.82, 2.24) is 0 Å². The molecule has 0 aromatic carbocycles. The molecular formula is C44H84NO7P. The monoisotopic (exact) mass is 770 g/mol. The normalized spacial score (nSPS) is 14.2. The topological polar surface area (TPSA) is 94.1 Å². The summed E-state index contributed by atoms with van der Waals surface area (Å²) in [5.74, 6) is -0.343. The molecule has 0 aliphatic heterocycles. The number of carbonyl (C=O) groups is 1. The minimum absolute atomic E-state index is 0.0252. The van der Waals surface area contributed by atoms with Crippen molar-refractivity contribution in [2.24, 2.45) is 0 Å². The van der Waals surface area contributed by atoms with Gasteiger partial charge in [-0.3, -0.25) is 9.36 Å². The molecular weight excluding hydrogens is 685 g/mol. The Morgan fingerprint density at radius 3 is 1.55 bits per heavy atom. The molecule has 0 spiro atoms. The number of phosphoric ester groups is 1. The Kier molecular flexibility index (Phi) is 36.7. The van der Waals surface area contributed by atoms with Crippen molar-refractivity contribution in [3.8, 4) is 0 Å². The molecule has 0 rings (SSSR count). The number of phosphoric acid groups is 1. The maximum atomic E-state index is 12.5. The van der Waals surface area contributed by atoms with Crippen LogP contribution in [-0.2, 0) is 27.9 Å². The number of nitrogens with zero attached hydrogens (tertiary/aromatic N) is 1. The average molecular weight is 770 g/mol. The van der Waals surface area contributed by atoms with Gasteiger partial charge in [0.25, 0.3) is 7.82 Å². The number of hydrogen-bond donors (Lipinski definition) is 0. The van der Waals surface area contributed by atoms with E-state index in [0.717, 1.165) is 44.9 Å². The summed E-state index contributed by atoms with van der Waals surface area (Å²) in [6, 6.07) is 0. The highest BCUT2D eigenvalue weighted by Gasteiger charge is 2.20. The molecule has 0 heterocycles. The SMILES string of the molecule is CCCCCCC/C=C\C/C=C\C/C=C\CCCCCCCCCCCOCC(COP(=O)([O-])OCC[N+](C)(C)C)OC(=O)CCCCCCCCC. The lowest BCUT2D eigenvalue weighted by molar-refractivity contribution is -0.870. The molecule has 0 aromatic rings. The van der Waals surface area contributed by atoms with Crippen molar-refractivity contribution in [3.63, 3.8) is 0 Å². The first-order valence-corrected chi connectivity index (χ1v) is 23.2. The maximum absolute atomic E-state index is 12.5. The summed E-state index contributed by atoms with van der Waals surface area (Å²) in [5.41, 5.74) is 0. The highest BCUT2D eigenvalue weighted by atomic mass is 31.2. The van der Waals surface area contributed by atoms with Crippen molar-refractivity contribution in [1.29, 1.82) is 0 Å². The molecule has 2 unspecified atom stereocenters. The predicted molar refractivity (Wildman–Crippen MR) is 222 cm³/mol. The van der Waals surface area contributed by atoms with Gasteiger partial charge in [0.15, 0.2) is 0 Å². The fourth-order valence-electron chi connectivity index (χ4n) is 5.79. The number of carbonyl (C=O) groups excluding carboxylic acids is 1. The van der Waals surface area contributed by atoms with Crippen LogP contribution < -0.4 is 4.89 Å². The third-order valence-electron chi connectivity index (χ3n) is 9.19. The van der Waals surface area contributed by atoms with Crippen LogP contribution in [0.15, 0.2) is 36.5 Å². The first-order chi connectivity index (χ1) is 25.6. The zero-order valence-corrected chi connectivity index (χ0v) is 36.1. The zero-order chi connectivity index (χ0) is 39.1. The highest BCUT2D eigenvalue weighted by Crippen LogP contribution is 2.38. The molecule has 0 saturated heterocycles. The van der Waals surface area contributed by atoms with Crippen LogP contribution in [0.1, 0.15) is 181 Å². The van der Waals surface area contributed by atoms with Gasteiger partial charge in [0.2, 0.25) is 0 Å². The molecule has 312 valence electrons. The Balaban J connectivity index is 4.04. The summed E-state index contributed by atoms with van der Waals surface area (Å²) in [7, 11) is 1.35. The maximum Gasteiger partial charge on any atom is 0.306 e. The fraction of sp³-hybridized carbons (Fsp3) is 0.841. The number of likely N-dealkylation sites (N-methyl/N-ethyl adjacent to an activating group) is 1. The van der Waals surface area contributed by atoms with Crippen molar-refractivity contribution in [2.75, 3.05) is 54.1 Å². The van der Waals surface area contributed by atoms with Gasteiger partial charge in [-0.1, -0.05) is 159 Å².